The maximum atomic E-state index is 12.4. The molecule has 6 heteroatoms. The minimum atomic E-state index is -3.58. The number of sulfonamides is 1. The smallest absolute Gasteiger partial charge is 0.276 e. The molecule has 0 fully saturated rings. The quantitative estimate of drug-likeness (QED) is 0.711. The fraction of sp³-hybridized carbons (Fsp3) is 0.571. The molecule has 1 N–H and O–H groups in total. The van der Waals surface area contributed by atoms with Crippen LogP contribution in [0.15, 0.2) is 34.3 Å². The third-order valence-corrected chi connectivity index (χ3v) is 4.46. The molecule has 0 aliphatic heterocycles. The van der Waals surface area contributed by atoms with Gasteiger partial charge in [-0.05, 0) is 18.6 Å². The van der Waals surface area contributed by atoms with Crippen molar-refractivity contribution in [1.29, 1.82) is 0 Å². The molecule has 0 atom stereocenters. The molecular weight excluding hydrogens is 276 g/mol. The molecule has 0 amide bonds. The van der Waals surface area contributed by atoms with Crippen molar-refractivity contribution in [2.75, 3.05) is 13.1 Å². The topological polar surface area (TPSA) is 62.6 Å². The van der Waals surface area contributed by atoms with Crippen LogP contribution < -0.4 is 5.32 Å². The second kappa shape index (κ2) is 7.61. The highest BCUT2D eigenvalue weighted by Gasteiger charge is 2.26. The molecule has 1 aromatic heterocycles. The van der Waals surface area contributed by atoms with Crippen LogP contribution in [0.5, 0.6) is 0 Å². The Balaban J connectivity index is 2.88. The monoisotopic (exact) mass is 300 g/mol. The fourth-order valence-electron chi connectivity index (χ4n) is 1.73. The number of hydrogen-bond donors (Lipinski definition) is 1. The first kappa shape index (κ1) is 16.9. The Morgan fingerprint density at radius 2 is 2.15 bits per heavy atom. The van der Waals surface area contributed by atoms with Gasteiger partial charge in [0.15, 0.2) is 0 Å². The maximum absolute atomic E-state index is 12.4. The normalized spacial score (nSPS) is 12.2. The van der Waals surface area contributed by atoms with Crippen LogP contribution in [0.2, 0.25) is 0 Å². The molecule has 0 spiro atoms. The lowest BCUT2D eigenvalue weighted by Crippen LogP contribution is -2.31. The summed E-state index contributed by atoms with van der Waals surface area (Å²) in [4.78, 5) is 0. The fourth-order valence-corrected chi connectivity index (χ4v) is 3.16. The van der Waals surface area contributed by atoms with Crippen molar-refractivity contribution in [3.05, 3.63) is 30.5 Å². The van der Waals surface area contributed by atoms with E-state index in [9.17, 15) is 8.42 Å². The van der Waals surface area contributed by atoms with E-state index in [1.807, 2.05) is 20.8 Å². The molecule has 114 valence electrons. The average molecular weight is 300 g/mol. The van der Waals surface area contributed by atoms with Gasteiger partial charge in [-0.25, -0.2) is 8.42 Å². The Kier molecular flexibility index (Phi) is 6.45. The van der Waals surface area contributed by atoms with Crippen molar-refractivity contribution >= 4 is 10.0 Å². The van der Waals surface area contributed by atoms with Crippen LogP contribution in [0.4, 0.5) is 0 Å². The second-order valence-corrected chi connectivity index (χ2v) is 6.78. The summed E-state index contributed by atoms with van der Waals surface area (Å²) in [5.41, 5.74) is 0. The molecule has 0 bridgehead atoms. The highest BCUT2D eigenvalue weighted by molar-refractivity contribution is 7.89. The first-order valence-corrected chi connectivity index (χ1v) is 8.29. The van der Waals surface area contributed by atoms with Crippen LogP contribution in [0, 0.1) is 0 Å². The van der Waals surface area contributed by atoms with Gasteiger partial charge in [0, 0.05) is 19.1 Å². The summed E-state index contributed by atoms with van der Waals surface area (Å²) >= 11 is 0. The summed E-state index contributed by atoms with van der Waals surface area (Å²) in [5.74, 6) is 0.618. The Bertz CT molecular complexity index is 520. The molecular formula is C14H24N2O3S. The molecule has 0 saturated carbocycles. The number of nitrogens with zero attached hydrogens (tertiary/aromatic N) is 1. The predicted octanol–water partition coefficient (Wildman–Crippen LogP) is 2.36. The number of furan rings is 1. The Morgan fingerprint density at radius 1 is 1.45 bits per heavy atom. The van der Waals surface area contributed by atoms with Crippen LogP contribution in [0.1, 0.15) is 33.0 Å². The lowest BCUT2D eigenvalue weighted by Gasteiger charge is -2.18. The Hall–Kier alpha value is -1.11. The van der Waals surface area contributed by atoms with Gasteiger partial charge in [0.1, 0.15) is 5.76 Å². The molecule has 1 heterocycles. The van der Waals surface area contributed by atoms with Gasteiger partial charge in [-0.3, -0.25) is 0 Å². The predicted molar refractivity (Wildman–Crippen MR) is 79.9 cm³/mol. The summed E-state index contributed by atoms with van der Waals surface area (Å²) in [7, 11) is -3.58. The summed E-state index contributed by atoms with van der Waals surface area (Å²) < 4.78 is 31.7. The second-order valence-electron chi connectivity index (χ2n) is 4.91. The van der Waals surface area contributed by atoms with Crippen LogP contribution in [0.25, 0.3) is 0 Å². The zero-order chi connectivity index (χ0) is 15.2. The number of rotatable bonds is 9. The summed E-state index contributed by atoms with van der Waals surface area (Å²) in [6, 6.07) is 3.52. The van der Waals surface area contributed by atoms with Crippen molar-refractivity contribution in [1.82, 2.24) is 9.62 Å². The van der Waals surface area contributed by atoms with E-state index in [2.05, 4.69) is 11.9 Å². The standard InChI is InChI=1S/C14H24N2O3S/c1-5-9-16(10-6-2)20(17,18)14-8-7-13(19-14)11-15-12(3)4/h5,7-8,12,15H,1,6,9-11H2,2-4H3. The molecule has 0 aliphatic rings. The van der Waals surface area contributed by atoms with Crippen molar-refractivity contribution in [3.8, 4) is 0 Å². The van der Waals surface area contributed by atoms with Crippen LogP contribution in [-0.4, -0.2) is 31.9 Å². The highest BCUT2D eigenvalue weighted by atomic mass is 32.2. The van der Waals surface area contributed by atoms with Gasteiger partial charge in [0.05, 0.1) is 6.54 Å². The molecule has 20 heavy (non-hydrogen) atoms. The molecule has 0 aliphatic carbocycles. The van der Waals surface area contributed by atoms with Crippen LogP contribution in [-0.2, 0) is 16.6 Å². The van der Waals surface area contributed by atoms with Crippen molar-refractivity contribution < 1.29 is 12.8 Å². The van der Waals surface area contributed by atoms with Gasteiger partial charge in [0.2, 0.25) is 5.09 Å². The van der Waals surface area contributed by atoms with Crippen LogP contribution in [0.3, 0.4) is 0 Å². The summed E-state index contributed by atoms with van der Waals surface area (Å²) in [5, 5.41) is 3.18. The number of nitrogens with one attached hydrogen (secondary N) is 1. The van der Waals surface area contributed by atoms with E-state index in [0.717, 1.165) is 6.42 Å². The van der Waals surface area contributed by atoms with Crippen molar-refractivity contribution in [2.45, 2.75) is 44.9 Å². The summed E-state index contributed by atoms with van der Waals surface area (Å²) in [6.07, 6.45) is 2.33. The molecule has 5 nitrogen and oxygen atoms in total. The van der Waals surface area contributed by atoms with Crippen molar-refractivity contribution in [3.63, 3.8) is 0 Å². The Labute approximate surface area is 121 Å². The zero-order valence-electron chi connectivity index (χ0n) is 12.4. The van der Waals surface area contributed by atoms with Crippen molar-refractivity contribution in [2.24, 2.45) is 0 Å². The third kappa shape index (κ3) is 4.47. The highest BCUT2D eigenvalue weighted by Crippen LogP contribution is 2.19. The molecule has 1 aromatic rings. The lowest BCUT2D eigenvalue weighted by atomic mass is 10.3. The van der Waals surface area contributed by atoms with Gasteiger partial charge in [0.25, 0.3) is 10.0 Å². The van der Waals surface area contributed by atoms with Crippen LogP contribution >= 0.6 is 0 Å². The summed E-state index contributed by atoms with van der Waals surface area (Å²) in [6.45, 7) is 10.8. The average Bonchev–Trinajstić information content (AvgIpc) is 2.85. The minimum Gasteiger partial charge on any atom is -0.447 e. The van der Waals surface area contributed by atoms with E-state index in [1.165, 1.54) is 10.4 Å². The number of hydrogen-bond acceptors (Lipinski definition) is 4. The molecule has 0 radical (unpaired) electrons. The van der Waals surface area contributed by atoms with Gasteiger partial charge >= 0.3 is 0 Å². The SMILES string of the molecule is C=CCN(CCC)S(=O)(=O)c1ccc(CNC(C)C)o1. The zero-order valence-corrected chi connectivity index (χ0v) is 13.2. The van der Waals surface area contributed by atoms with E-state index in [-0.39, 0.29) is 11.6 Å². The largest absolute Gasteiger partial charge is 0.447 e. The van der Waals surface area contributed by atoms with Gasteiger partial charge in [-0.15, -0.1) is 6.58 Å². The molecule has 0 saturated heterocycles. The first-order chi connectivity index (χ1) is 9.41. The van der Waals surface area contributed by atoms with E-state index in [4.69, 9.17) is 4.42 Å². The van der Waals surface area contributed by atoms with E-state index in [0.29, 0.717) is 24.9 Å². The first-order valence-electron chi connectivity index (χ1n) is 6.85. The minimum absolute atomic E-state index is 0.00615. The molecule has 1 rings (SSSR count). The lowest BCUT2D eigenvalue weighted by molar-refractivity contribution is 0.369. The van der Waals surface area contributed by atoms with E-state index < -0.39 is 10.0 Å². The maximum Gasteiger partial charge on any atom is 0.276 e. The van der Waals surface area contributed by atoms with E-state index in [1.54, 1.807) is 12.1 Å². The van der Waals surface area contributed by atoms with E-state index >= 15 is 0 Å². The molecule has 0 aromatic carbocycles. The molecule has 0 unspecified atom stereocenters. The van der Waals surface area contributed by atoms with Gasteiger partial charge in [-0.2, -0.15) is 4.31 Å². The van der Waals surface area contributed by atoms with Gasteiger partial charge < -0.3 is 9.73 Å². The third-order valence-electron chi connectivity index (χ3n) is 2.72. The Morgan fingerprint density at radius 3 is 2.70 bits per heavy atom. The van der Waals surface area contributed by atoms with Gasteiger partial charge in [-0.1, -0.05) is 26.8 Å².